The van der Waals surface area contributed by atoms with Gasteiger partial charge in [-0.05, 0) is 35.7 Å². The maximum atomic E-state index is 12.7. The number of pyridine rings is 1. The number of aryl methyl sites for hydroxylation is 1. The molecule has 1 aromatic heterocycles. The van der Waals surface area contributed by atoms with Crippen LogP contribution in [0.15, 0.2) is 53.7 Å². The Morgan fingerprint density at radius 1 is 1.19 bits per heavy atom. The van der Waals surface area contributed by atoms with Gasteiger partial charge in [0.2, 0.25) is 10.0 Å². The molecule has 0 spiro atoms. The summed E-state index contributed by atoms with van der Waals surface area (Å²) in [4.78, 5) is 6.72. The Labute approximate surface area is 155 Å². The molecule has 6 nitrogen and oxygen atoms in total. The third-order valence-electron chi connectivity index (χ3n) is 4.66. The van der Waals surface area contributed by atoms with Crippen molar-refractivity contribution in [3.05, 3.63) is 59.9 Å². The van der Waals surface area contributed by atoms with Crippen LogP contribution in [0.1, 0.15) is 24.1 Å². The molecule has 26 heavy (non-hydrogen) atoms. The van der Waals surface area contributed by atoms with Crippen LogP contribution in [0.2, 0.25) is 0 Å². The topological polar surface area (TPSA) is 71.5 Å². The fraction of sp³-hybridized carbons (Fsp3) is 0.421. The predicted octanol–water partition coefficient (Wildman–Crippen LogP) is 2.00. The molecule has 1 N–H and O–H groups in total. The first-order valence-corrected chi connectivity index (χ1v) is 10.4. The third kappa shape index (κ3) is 4.67. The van der Waals surface area contributed by atoms with Crippen molar-refractivity contribution < 1.29 is 13.2 Å². The summed E-state index contributed by atoms with van der Waals surface area (Å²) in [6.45, 7) is 5.19. The summed E-state index contributed by atoms with van der Waals surface area (Å²) in [6, 6.07) is 10.8. The first-order valence-electron chi connectivity index (χ1n) is 8.90. The van der Waals surface area contributed by atoms with Crippen molar-refractivity contribution in [1.82, 2.24) is 14.6 Å². The van der Waals surface area contributed by atoms with Gasteiger partial charge in [0.15, 0.2) is 0 Å². The highest BCUT2D eigenvalue weighted by Crippen LogP contribution is 2.21. The standard InChI is InChI=1S/C19H25N3O3S/c1-2-16-5-7-18(8-6-16)26(23,24)21-15-19(17-4-3-9-20-14-17)22-10-12-25-13-11-22/h3-9,14,19,21H,2,10-13,15H2,1H3. The lowest BCUT2D eigenvalue weighted by atomic mass is 10.1. The second-order valence-electron chi connectivity index (χ2n) is 6.30. The summed E-state index contributed by atoms with van der Waals surface area (Å²) in [6.07, 6.45) is 4.40. The Kier molecular flexibility index (Phi) is 6.37. The molecule has 2 aromatic rings. The number of nitrogens with one attached hydrogen (secondary N) is 1. The maximum Gasteiger partial charge on any atom is 0.240 e. The molecule has 1 aliphatic heterocycles. The van der Waals surface area contributed by atoms with Crippen molar-refractivity contribution in [2.45, 2.75) is 24.3 Å². The molecule has 0 aliphatic carbocycles. The largest absolute Gasteiger partial charge is 0.379 e. The van der Waals surface area contributed by atoms with E-state index < -0.39 is 10.0 Å². The summed E-state index contributed by atoms with van der Waals surface area (Å²) in [5, 5.41) is 0. The van der Waals surface area contributed by atoms with E-state index in [2.05, 4.69) is 14.6 Å². The minimum absolute atomic E-state index is 0.0720. The van der Waals surface area contributed by atoms with Gasteiger partial charge in [0, 0.05) is 32.0 Å². The number of nitrogens with zero attached hydrogens (tertiary/aromatic N) is 2. The Balaban J connectivity index is 1.75. The summed E-state index contributed by atoms with van der Waals surface area (Å²) in [7, 11) is -3.56. The van der Waals surface area contributed by atoms with Gasteiger partial charge in [0.05, 0.1) is 24.2 Å². The van der Waals surface area contributed by atoms with Crippen molar-refractivity contribution in [2.75, 3.05) is 32.8 Å². The molecular weight excluding hydrogens is 350 g/mol. The molecule has 1 atom stereocenters. The second kappa shape index (κ2) is 8.73. The number of benzene rings is 1. The molecule has 2 heterocycles. The number of hydrogen-bond acceptors (Lipinski definition) is 5. The van der Waals surface area contributed by atoms with Crippen molar-refractivity contribution in [2.24, 2.45) is 0 Å². The van der Waals surface area contributed by atoms with E-state index >= 15 is 0 Å². The number of morpholine rings is 1. The van der Waals surface area contributed by atoms with Gasteiger partial charge in [-0.15, -0.1) is 0 Å². The molecule has 1 fully saturated rings. The van der Waals surface area contributed by atoms with Crippen LogP contribution in [0, 0.1) is 0 Å². The molecule has 140 valence electrons. The van der Waals surface area contributed by atoms with Gasteiger partial charge in [0.1, 0.15) is 0 Å². The number of hydrogen-bond donors (Lipinski definition) is 1. The Bertz CT molecular complexity index is 789. The lowest BCUT2D eigenvalue weighted by Crippen LogP contribution is -2.43. The van der Waals surface area contributed by atoms with Gasteiger partial charge in [-0.25, -0.2) is 13.1 Å². The van der Waals surface area contributed by atoms with Crippen molar-refractivity contribution >= 4 is 10.0 Å². The fourth-order valence-corrected chi connectivity index (χ4v) is 4.13. The highest BCUT2D eigenvalue weighted by molar-refractivity contribution is 7.89. The molecule has 1 saturated heterocycles. The van der Waals surface area contributed by atoms with Crippen LogP contribution in [-0.4, -0.2) is 51.1 Å². The van der Waals surface area contributed by atoms with Crippen molar-refractivity contribution in [1.29, 1.82) is 0 Å². The molecule has 0 radical (unpaired) electrons. The van der Waals surface area contributed by atoms with E-state index in [-0.39, 0.29) is 6.04 Å². The number of rotatable bonds is 7. The van der Waals surface area contributed by atoms with E-state index in [1.54, 1.807) is 24.5 Å². The first-order chi connectivity index (χ1) is 12.6. The van der Waals surface area contributed by atoms with Crippen LogP contribution in [0.3, 0.4) is 0 Å². The zero-order chi connectivity index (χ0) is 18.4. The average Bonchev–Trinajstić information content (AvgIpc) is 2.70. The normalized spacial score (nSPS) is 17.1. The molecule has 3 rings (SSSR count). The van der Waals surface area contributed by atoms with Gasteiger partial charge in [-0.3, -0.25) is 9.88 Å². The smallest absolute Gasteiger partial charge is 0.240 e. The minimum Gasteiger partial charge on any atom is -0.379 e. The van der Waals surface area contributed by atoms with Crippen LogP contribution in [0.4, 0.5) is 0 Å². The van der Waals surface area contributed by atoms with Gasteiger partial charge < -0.3 is 4.74 Å². The van der Waals surface area contributed by atoms with E-state index in [1.807, 2.05) is 31.2 Å². The Hall–Kier alpha value is -1.80. The van der Waals surface area contributed by atoms with Crippen LogP contribution < -0.4 is 4.72 Å². The summed E-state index contributed by atoms with van der Waals surface area (Å²) in [5.41, 5.74) is 2.11. The summed E-state index contributed by atoms with van der Waals surface area (Å²) in [5.74, 6) is 0. The molecule has 0 bridgehead atoms. The first kappa shape index (κ1) is 19.0. The van der Waals surface area contributed by atoms with Crippen LogP contribution >= 0.6 is 0 Å². The highest BCUT2D eigenvalue weighted by Gasteiger charge is 2.25. The Morgan fingerprint density at radius 3 is 2.54 bits per heavy atom. The third-order valence-corrected chi connectivity index (χ3v) is 6.10. The van der Waals surface area contributed by atoms with Crippen LogP contribution in [-0.2, 0) is 21.2 Å². The van der Waals surface area contributed by atoms with Crippen molar-refractivity contribution in [3.63, 3.8) is 0 Å². The van der Waals surface area contributed by atoms with Gasteiger partial charge in [-0.2, -0.15) is 0 Å². The Morgan fingerprint density at radius 2 is 1.92 bits per heavy atom. The van der Waals surface area contributed by atoms with E-state index in [0.29, 0.717) is 24.7 Å². The van der Waals surface area contributed by atoms with Gasteiger partial charge in [-0.1, -0.05) is 25.1 Å². The average molecular weight is 375 g/mol. The van der Waals surface area contributed by atoms with E-state index in [4.69, 9.17) is 4.74 Å². The lowest BCUT2D eigenvalue weighted by Gasteiger charge is -2.34. The second-order valence-corrected chi connectivity index (χ2v) is 8.07. The number of ether oxygens (including phenoxy) is 1. The monoisotopic (exact) mass is 375 g/mol. The number of sulfonamides is 1. The molecule has 0 amide bonds. The maximum absolute atomic E-state index is 12.7. The predicted molar refractivity (Wildman–Crippen MR) is 100 cm³/mol. The van der Waals surface area contributed by atoms with Crippen LogP contribution in [0.25, 0.3) is 0 Å². The highest BCUT2D eigenvalue weighted by atomic mass is 32.2. The number of aromatic nitrogens is 1. The molecule has 7 heteroatoms. The molecule has 1 aliphatic rings. The summed E-state index contributed by atoms with van der Waals surface area (Å²) >= 11 is 0. The SMILES string of the molecule is CCc1ccc(S(=O)(=O)NCC(c2cccnc2)N2CCOCC2)cc1. The lowest BCUT2D eigenvalue weighted by molar-refractivity contribution is 0.0171. The zero-order valence-corrected chi connectivity index (χ0v) is 15.8. The quantitative estimate of drug-likeness (QED) is 0.801. The van der Waals surface area contributed by atoms with Crippen LogP contribution in [0.5, 0.6) is 0 Å². The van der Waals surface area contributed by atoms with E-state index in [1.165, 1.54) is 0 Å². The van der Waals surface area contributed by atoms with Gasteiger partial charge in [0.25, 0.3) is 0 Å². The van der Waals surface area contributed by atoms with Gasteiger partial charge >= 0.3 is 0 Å². The molecular formula is C19H25N3O3S. The molecule has 1 unspecified atom stereocenters. The van der Waals surface area contributed by atoms with E-state index in [0.717, 1.165) is 30.6 Å². The minimum atomic E-state index is -3.56. The zero-order valence-electron chi connectivity index (χ0n) is 15.0. The van der Waals surface area contributed by atoms with E-state index in [9.17, 15) is 8.42 Å². The fourth-order valence-electron chi connectivity index (χ4n) is 3.10. The molecule has 0 saturated carbocycles. The molecule has 1 aromatic carbocycles. The van der Waals surface area contributed by atoms with Crippen molar-refractivity contribution in [3.8, 4) is 0 Å². The summed E-state index contributed by atoms with van der Waals surface area (Å²) < 4.78 is 33.6.